The molecule has 0 saturated heterocycles. The molecule has 6 heteroatoms. The first-order valence-corrected chi connectivity index (χ1v) is 8.61. The van der Waals surface area contributed by atoms with Crippen molar-refractivity contribution < 1.29 is 14.7 Å². The van der Waals surface area contributed by atoms with E-state index in [4.69, 9.17) is 0 Å². The van der Waals surface area contributed by atoms with Crippen molar-refractivity contribution in [1.82, 2.24) is 10.6 Å². The van der Waals surface area contributed by atoms with E-state index in [2.05, 4.69) is 16.9 Å². The van der Waals surface area contributed by atoms with E-state index in [1.165, 1.54) is 0 Å². The maximum atomic E-state index is 12.0. The van der Waals surface area contributed by atoms with Gasteiger partial charge in [0.1, 0.15) is 5.54 Å². The van der Waals surface area contributed by atoms with Crippen LogP contribution in [0.3, 0.4) is 0 Å². The van der Waals surface area contributed by atoms with Crippen LogP contribution in [0, 0.1) is 0 Å². The fourth-order valence-corrected chi connectivity index (χ4v) is 3.41. The molecule has 2 amide bonds. The average Bonchev–Trinajstić information content (AvgIpc) is 2.45. The molecule has 0 aromatic heterocycles. The zero-order valence-electron chi connectivity index (χ0n) is 12.6. The Bertz CT molecular complexity index is 337. The minimum atomic E-state index is -1.15. The Morgan fingerprint density at radius 3 is 2.15 bits per heavy atom. The molecule has 0 radical (unpaired) electrons. The fraction of sp³-hybridized carbons (Fsp3) is 0.857. The smallest absolute Gasteiger partial charge is 0.329 e. The Hall–Kier alpha value is -0.910. The molecule has 5 nitrogen and oxygen atoms in total. The van der Waals surface area contributed by atoms with Crippen molar-refractivity contribution in [2.75, 3.05) is 6.26 Å². The molecular formula is C14H26N2O3S. The van der Waals surface area contributed by atoms with Crippen molar-refractivity contribution in [1.29, 1.82) is 0 Å². The molecule has 3 N–H and O–H groups in total. The standard InChI is InChI=1S/C14H26N2O3S/c1-4-14(5-2,12(17)18)16-13(19)15-10-6-8-11(20-3)9-7-10/h10-11H,4-9H2,1-3H3,(H,17,18)(H2,15,16,19). The van der Waals surface area contributed by atoms with Gasteiger partial charge in [0.2, 0.25) is 0 Å². The molecule has 0 spiro atoms. The number of aliphatic carboxylic acids is 1. The van der Waals surface area contributed by atoms with Gasteiger partial charge in [-0.3, -0.25) is 0 Å². The number of hydrogen-bond acceptors (Lipinski definition) is 3. The number of carboxylic acid groups (broad SMARTS) is 1. The van der Waals surface area contributed by atoms with Crippen LogP contribution < -0.4 is 10.6 Å². The van der Waals surface area contributed by atoms with Gasteiger partial charge in [-0.15, -0.1) is 0 Å². The Balaban J connectivity index is 2.49. The summed E-state index contributed by atoms with van der Waals surface area (Å²) in [5.41, 5.74) is -1.15. The fourth-order valence-electron chi connectivity index (χ4n) is 2.66. The minimum Gasteiger partial charge on any atom is -0.480 e. The van der Waals surface area contributed by atoms with Crippen molar-refractivity contribution in [3.05, 3.63) is 0 Å². The number of urea groups is 1. The topological polar surface area (TPSA) is 78.4 Å². The summed E-state index contributed by atoms with van der Waals surface area (Å²) in [5, 5.41) is 15.6. The molecule has 1 saturated carbocycles. The summed E-state index contributed by atoms with van der Waals surface area (Å²) in [7, 11) is 0. The third kappa shape index (κ3) is 4.30. The highest BCUT2D eigenvalue weighted by atomic mass is 32.2. The van der Waals surface area contributed by atoms with Crippen LogP contribution in [0.25, 0.3) is 0 Å². The number of carbonyl (C=O) groups is 2. The molecule has 0 aliphatic heterocycles. The summed E-state index contributed by atoms with van der Waals surface area (Å²) < 4.78 is 0. The summed E-state index contributed by atoms with van der Waals surface area (Å²) in [6, 6.07) is -0.192. The van der Waals surface area contributed by atoms with Gasteiger partial charge in [-0.2, -0.15) is 11.8 Å². The molecular weight excluding hydrogens is 276 g/mol. The first-order chi connectivity index (χ1) is 9.47. The van der Waals surface area contributed by atoms with Crippen LogP contribution in [-0.4, -0.2) is 40.2 Å². The third-order valence-electron chi connectivity index (χ3n) is 4.31. The molecule has 0 bridgehead atoms. The summed E-state index contributed by atoms with van der Waals surface area (Å²) in [6.45, 7) is 3.56. The van der Waals surface area contributed by atoms with Gasteiger partial charge in [0, 0.05) is 11.3 Å². The molecule has 0 aromatic rings. The number of carbonyl (C=O) groups excluding carboxylic acids is 1. The number of amides is 2. The van der Waals surface area contributed by atoms with E-state index in [1.807, 2.05) is 11.8 Å². The SMILES string of the molecule is CCC(CC)(NC(=O)NC1CCC(SC)CC1)C(=O)O. The summed E-state index contributed by atoms with van der Waals surface area (Å²) in [4.78, 5) is 23.4. The maximum absolute atomic E-state index is 12.0. The predicted molar refractivity (Wildman–Crippen MR) is 82.2 cm³/mol. The van der Waals surface area contributed by atoms with Crippen molar-refractivity contribution in [3.63, 3.8) is 0 Å². The van der Waals surface area contributed by atoms with Gasteiger partial charge < -0.3 is 15.7 Å². The molecule has 0 heterocycles. The number of rotatable bonds is 6. The number of hydrogen-bond donors (Lipinski definition) is 3. The first-order valence-electron chi connectivity index (χ1n) is 7.32. The van der Waals surface area contributed by atoms with Gasteiger partial charge >= 0.3 is 12.0 Å². The molecule has 1 fully saturated rings. The molecule has 1 rings (SSSR count). The number of nitrogens with one attached hydrogen (secondary N) is 2. The molecule has 0 unspecified atom stereocenters. The highest BCUT2D eigenvalue weighted by Crippen LogP contribution is 2.26. The largest absolute Gasteiger partial charge is 0.480 e. The number of thioether (sulfide) groups is 1. The van der Waals surface area contributed by atoms with Crippen molar-refractivity contribution in [3.8, 4) is 0 Å². The van der Waals surface area contributed by atoms with Crippen LogP contribution in [0.2, 0.25) is 0 Å². The van der Waals surface area contributed by atoms with Crippen LogP contribution in [0.15, 0.2) is 0 Å². The zero-order valence-corrected chi connectivity index (χ0v) is 13.4. The highest BCUT2D eigenvalue weighted by Gasteiger charge is 2.36. The van der Waals surface area contributed by atoms with Gasteiger partial charge in [0.15, 0.2) is 0 Å². The Labute approximate surface area is 125 Å². The van der Waals surface area contributed by atoms with Gasteiger partial charge in [-0.25, -0.2) is 9.59 Å². The molecule has 1 aliphatic rings. The van der Waals surface area contributed by atoms with Gasteiger partial charge in [-0.05, 0) is 44.8 Å². The molecule has 20 heavy (non-hydrogen) atoms. The highest BCUT2D eigenvalue weighted by molar-refractivity contribution is 7.99. The van der Waals surface area contributed by atoms with E-state index in [9.17, 15) is 14.7 Å². The normalized spacial score (nSPS) is 23.1. The second-order valence-electron chi connectivity index (χ2n) is 5.40. The predicted octanol–water partition coefficient (Wildman–Crippen LogP) is 2.60. The lowest BCUT2D eigenvalue weighted by Crippen LogP contribution is -2.58. The monoisotopic (exact) mass is 302 g/mol. The Morgan fingerprint density at radius 2 is 1.75 bits per heavy atom. The van der Waals surface area contributed by atoms with Crippen molar-refractivity contribution >= 4 is 23.8 Å². The minimum absolute atomic E-state index is 0.165. The second-order valence-corrected chi connectivity index (χ2v) is 6.54. The van der Waals surface area contributed by atoms with Crippen molar-refractivity contribution in [2.45, 2.75) is 69.2 Å². The first kappa shape index (κ1) is 17.1. The van der Waals surface area contributed by atoms with E-state index in [0.717, 1.165) is 25.7 Å². The summed E-state index contributed by atoms with van der Waals surface area (Å²) in [6.07, 6.45) is 7.04. The van der Waals surface area contributed by atoms with E-state index >= 15 is 0 Å². The van der Waals surface area contributed by atoms with Crippen LogP contribution in [-0.2, 0) is 4.79 Å². The zero-order chi connectivity index (χ0) is 15.2. The lowest BCUT2D eigenvalue weighted by Gasteiger charge is -2.31. The second kappa shape index (κ2) is 7.76. The van der Waals surface area contributed by atoms with E-state index in [-0.39, 0.29) is 12.1 Å². The summed E-state index contributed by atoms with van der Waals surface area (Å²) >= 11 is 1.88. The van der Waals surface area contributed by atoms with Crippen LogP contribution in [0.5, 0.6) is 0 Å². The van der Waals surface area contributed by atoms with E-state index in [0.29, 0.717) is 18.1 Å². The molecule has 0 aromatic carbocycles. The Kier molecular flexibility index (Phi) is 6.65. The van der Waals surface area contributed by atoms with Crippen LogP contribution in [0.4, 0.5) is 4.79 Å². The maximum Gasteiger partial charge on any atom is 0.329 e. The lowest BCUT2D eigenvalue weighted by atomic mass is 9.93. The van der Waals surface area contributed by atoms with Crippen LogP contribution in [0.1, 0.15) is 52.4 Å². The summed E-state index contributed by atoms with van der Waals surface area (Å²) in [5.74, 6) is -0.969. The molecule has 116 valence electrons. The lowest BCUT2D eigenvalue weighted by molar-refractivity contribution is -0.144. The van der Waals surface area contributed by atoms with Gasteiger partial charge in [0.25, 0.3) is 0 Å². The Morgan fingerprint density at radius 1 is 1.20 bits per heavy atom. The van der Waals surface area contributed by atoms with Crippen molar-refractivity contribution in [2.24, 2.45) is 0 Å². The van der Waals surface area contributed by atoms with Gasteiger partial charge in [-0.1, -0.05) is 13.8 Å². The quantitative estimate of drug-likeness (QED) is 0.704. The average molecular weight is 302 g/mol. The molecule has 0 atom stereocenters. The van der Waals surface area contributed by atoms with Crippen LogP contribution >= 0.6 is 11.8 Å². The van der Waals surface area contributed by atoms with E-state index in [1.54, 1.807) is 13.8 Å². The van der Waals surface area contributed by atoms with Gasteiger partial charge in [0.05, 0.1) is 0 Å². The van der Waals surface area contributed by atoms with E-state index < -0.39 is 11.5 Å². The number of carboxylic acids is 1. The third-order valence-corrected chi connectivity index (χ3v) is 5.45. The molecule has 1 aliphatic carbocycles.